The Bertz CT molecular complexity index is 3320. The predicted octanol–water partition coefficient (Wildman–Crippen LogP) is 18.2. The van der Waals surface area contributed by atoms with Gasteiger partial charge in [0.15, 0.2) is 0 Å². The first-order chi connectivity index (χ1) is 33.2. The van der Waals surface area contributed by atoms with Crippen LogP contribution in [0.5, 0.6) is 11.5 Å². The minimum absolute atomic E-state index is 0.812. The Balaban J connectivity index is 0.953. The second-order valence-electron chi connectivity index (χ2n) is 17.0. The van der Waals surface area contributed by atoms with Gasteiger partial charge >= 0.3 is 0 Å². The van der Waals surface area contributed by atoms with E-state index in [0.717, 1.165) is 67.5 Å². The second-order valence-corrected chi connectivity index (χ2v) is 17.0. The summed E-state index contributed by atoms with van der Waals surface area (Å²) >= 11 is 0. The van der Waals surface area contributed by atoms with Crippen molar-refractivity contribution >= 4 is 44.9 Å². The number of nitrogens with zero attached hydrogens (tertiary/aromatic N) is 2. The molecular weight excluding hydrogens is 813 g/mol. The standard InChI is InChI=1S/C64H44N2O/c1-5-14-45(15-6-1)49-24-32-54(33-25-49)65(55-34-26-50(27-35-55)46-16-7-2-8-17-46)58-40-41-60-61-23-13-22-53-42-59(44-63(64(53)61)67-62(60)43-58)66(56-36-28-51(29-37-56)47-18-9-3-10-19-47)57-38-30-52(31-39-57)48-20-11-4-12-21-48/h1-44H. The van der Waals surface area contributed by atoms with Crippen LogP contribution in [0.15, 0.2) is 267 Å². The van der Waals surface area contributed by atoms with Gasteiger partial charge < -0.3 is 14.5 Å². The lowest BCUT2D eigenvalue weighted by atomic mass is 9.93. The Kier molecular flexibility index (Phi) is 10.2. The zero-order valence-electron chi connectivity index (χ0n) is 36.7. The Morgan fingerprint density at radius 2 is 0.567 bits per heavy atom. The van der Waals surface area contributed by atoms with Gasteiger partial charge in [-0.15, -0.1) is 0 Å². The highest BCUT2D eigenvalue weighted by Gasteiger charge is 2.25. The quantitative estimate of drug-likeness (QED) is 0.136. The summed E-state index contributed by atoms with van der Waals surface area (Å²) < 4.78 is 7.13. The summed E-state index contributed by atoms with van der Waals surface area (Å²) in [6, 6.07) is 95.3. The molecule has 1 aliphatic heterocycles. The summed E-state index contributed by atoms with van der Waals surface area (Å²) in [4.78, 5) is 4.65. The zero-order chi connectivity index (χ0) is 44.5. The van der Waals surface area contributed by atoms with E-state index >= 15 is 0 Å². The van der Waals surface area contributed by atoms with Gasteiger partial charge in [-0.05, 0) is 122 Å². The number of hydrogen-bond acceptors (Lipinski definition) is 3. The van der Waals surface area contributed by atoms with Crippen molar-refractivity contribution in [3.63, 3.8) is 0 Å². The fraction of sp³-hybridized carbons (Fsp3) is 0. The van der Waals surface area contributed by atoms with Crippen LogP contribution < -0.4 is 14.5 Å². The fourth-order valence-corrected chi connectivity index (χ4v) is 9.51. The van der Waals surface area contributed by atoms with E-state index < -0.39 is 0 Å². The van der Waals surface area contributed by atoms with Crippen LogP contribution in [-0.4, -0.2) is 0 Å². The molecule has 67 heavy (non-hydrogen) atoms. The molecule has 1 heterocycles. The van der Waals surface area contributed by atoms with Crippen molar-refractivity contribution in [1.29, 1.82) is 0 Å². The summed E-state index contributed by atoms with van der Waals surface area (Å²) in [6.45, 7) is 0. The van der Waals surface area contributed by atoms with Crippen molar-refractivity contribution in [3.8, 4) is 67.1 Å². The Morgan fingerprint density at radius 1 is 0.224 bits per heavy atom. The monoisotopic (exact) mass is 856 g/mol. The van der Waals surface area contributed by atoms with Crippen LogP contribution in [0.4, 0.5) is 34.1 Å². The fourth-order valence-electron chi connectivity index (χ4n) is 9.51. The molecule has 0 N–H and O–H groups in total. The zero-order valence-corrected chi connectivity index (χ0v) is 36.7. The summed E-state index contributed by atoms with van der Waals surface area (Å²) in [5.74, 6) is 1.64. The van der Waals surface area contributed by atoms with Crippen molar-refractivity contribution in [3.05, 3.63) is 267 Å². The SMILES string of the molecule is c1ccc(-c2ccc(N(c3ccc(-c4ccccc4)cc3)c3ccc4c(c3)Oc3cc(N(c5ccc(-c6ccccc6)cc5)c5ccc(-c6ccccc6)cc5)cc5cccc-4c35)cc2)cc1. The molecule has 0 unspecified atom stereocenters. The molecule has 0 saturated heterocycles. The third-order valence-electron chi connectivity index (χ3n) is 12.8. The number of fused-ring (bicyclic) bond motifs is 2. The van der Waals surface area contributed by atoms with Gasteiger partial charge in [0.2, 0.25) is 0 Å². The number of hydrogen-bond donors (Lipinski definition) is 0. The topological polar surface area (TPSA) is 15.7 Å². The summed E-state index contributed by atoms with van der Waals surface area (Å²) in [5, 5.41) is 2.22. The summed E-state index contributed by atoms with van der Waals surface area (Å²) in [5.41, 5.74) is 17.9. The first kappa shape index (κ1) is 39.7. The van der Waals surface area contributed by atoms with Crippen molar-refractivity contribution < 1.29 is 4.74 Å². The summed E-state index contributed by atoms with van der Waals surface area (Å²) in [6.07, 6.45) is 0. The molecule has 0 radical (unpaired) electrons. The number of anilines is 6. The molecular formula is C64H44N2O. The van der Waals surface area contributed by atoms with Crippen molar-refractivity contribution in [2.45, 2.75) is 0 Å². The van der Waals surface area contributed by atoms with Crippen LogP contribution in [0.3, 0.4) is 0 Å². The van der Waals surface area contributed by atoms with E-state index in [9.17, 15) is 0 Å². The Morgan fingerprint density at radius 3 is 0.970 bits per heavy atom. The second kappa shape index (κ2) is 17.2. The molecule has 0 atom stereocenters. The van der Waals surface area contributed by atoms with Crippen LogP contribution in [-0.2, 0) is 0 Å². The lowest BCUT2D eigenvalue weighted by molar-refractivity contribution is 0.487. The largest absolute Gasteiger partial charge is 0.456 e. The van der Waals surface area contributed by atoms with Gasteiger partial charge in [0, 0.05) is 51.5 Å². The number of ether oxygens (including phenoxy) is 1. The molecule has 12 rings (SSSR count). The van der Waals surface area contributed by atoms with Crippen molar-refractivity contribution in [2.75, 3.05) is 9.80 Å². The van der Waals surface area contributed by atoms with E-state index in [-0.39, 0.29) is 0 Å². The Labute approximate surface area is 391 Å². The van der Waals surface area contributed by atoms with Crippen LogP contribution in [0.1, 0.15) is 0 Å². The maximum atomic E-state index is 7.13. The van der Waals surface area contributed by atoms with Gasteiger partial charge in [0.25, 0.3) is 0 Å². The van der Waals surface area contributed by atoms with Gasteiger partial charge in [-0.3, -0.25) is 0 Å². The molecule has 11 aromatic rings. The van der Waals surface area contributed by atoms with E-state index in [4.69, 9.17) is 4.74 Å². The van der Waals surface area contributed by atoms with E-state index in [0.29, 0.717) is 0 Å². The molecule has 316 valence electrons. The van der Waals surface area contributed by atoms with Crippen LogP contribution in [0, 0.1) is 0 Å². The molecule has 0 saturated carbocycles. The van der Waals surface area contributed by atoms with Gasteiger partial charge in [0.05, 0.1) is 5.69 Å². The predicted molar refractivity (Wildman–Crippen MR) is 281 cm³/mol. The van der Waals surface area contributed by atoms with E-state index in [1.54, 1.807) is 0 Å². The third-order valence-corrected chi connectivity index (χ3v) is 12.8. The smallest absolute Gasteiger partial charge is 0.138 e. The van der Waals surface area contributed by atoms with Crippen LogP contribution in [0.2, 0.25) is 0 Å². The van der Waals surface area contributed by atoms with Crippen LogP contribution in [0.25, 0.3) is 66.4 Å². The molecule has 3 nitrogen and oxygen atoms in total. The molecule has 1 aliphatic rings. The lowest BCUT2D eigenvalue weighted by Gasteiger charge is -2.30. The minimum atomic E-state index is 0.812. The van der Waals surface area contributed by atoms with E-state index in [1.165, 1.54) is 44.5 Å². The normalized spacial score (nSPS) is 11.4. The molecule has 11 aromatic carbocycles. The molecule has 0 bridgehead atoms. The van der Waals surface area contributed by atoms with Crippen molar-refractivity contribution in [1.82, 2.24) is 0 Å². The van der Waals surface area contributed by atoms with Gasteiger partial charge in [-0.2, -0.15) is 0 Å². The third kappa shape index (κ3) is 7.69. The lowest BCUT2D eigenvalue weighted by Crippen LogP contribution is -2.11. The number of benzene rings is 11. The van der Waals surface area contributed by atoms with Crippen LogP contribution >= 0.6 is 0 Å². The first-order valence-corrected chi connectivity index (χ1v) is 22.8. The summed E-state index contributed by atoms with van der Waals surface area (Å²) in [7, 11) is 0. The average molecular weight is 857 g/mol. The molecule has 0 spiro atoms. The molecule has 3 heteroatoms. The number of rotatable bonds is 10. The molecule has 0 aliphatic carbocycles. The molecule has 0 amide bonds. The first-order valence-electron chi connectivity index (χ1n) is 22.8. The highest BCUT2D eigenvalue weighted by Crippen LogP contribution is 2.51. The van der Waals surface area contributed by atoms with Gasteiger partial charge in [-0.1, -0.05) is 188 Å². The molecule has 0 fully saturated rings. The molecule has 0 aromatic heterocycles. The Hall–Kier alpha value is -8.92. The van der Waals surface area contributed by atoms with E-state index in [2.05, 4.69) is 277 Å². The van der Waals surface area contributed by atoms with Gasteiger partial charge in [-0.25, -0.2) is 0 Å². The highest BCUT2D eigenvalue weighted by atomic mass is 16.5. The minimum Gasteiger partial charge on any atom is -0.456 e. The maximum Gasteiger partial charge on any atom is 0.138 e. The van der Waals surface area contributed by atoms with Crippen molar-refractivity contribution in [2.24, 2.45) is 0 Å². The maximum absolute atomic E-state index is 7.13. The highest BCUT2D eigenvalue weighted by molar-refractivity contribution is 6.06. The average Bonchev–Trinajstić information content (AvgIpc) is 3.41. The van der Waals surface area contributed by atoms with E-state index in [1.807, 2.05) is 0 Å². The van der Waals surface area contributed by atoms with Gasteiger partial charge in [0.1, 0.15) is 11.5 Å².